The van der Waals surface area contributed by atoms with Crippen LogP contribution < -0.4 is 5.32 Å². The average Bonchev–Trinajstić information content (AvgIpc) is 2.37. The molecule has 1 N–H and O–H groups in total. The van der Waals surface area contributed by atoms with E-state index in [1.54, 1.807) is 0 Å². The van der Waals surface area contributed by atoms with Crippen LogP contribution in [0.2, 0.25) is 5.02 Å². The molecule has 0 saturated heterocycles. The number of hydrogen-bond donors (Lipinski definition) is 1. The van der Waals surface area contributed by atoms with Gasteiger partial charge in [-0.05, 0) is 37.1 Å². The summed E-state index contributed by atoms with van der Waals surface area (Å²) in [7, 11) is 0. The monoisotopic (exact) mass is 337 g/mol. The van der Waals surface area contributed by atoms with Gasteiger partial charge in [-0.2, -0.15) is 0 Å². The third-order valence-electron chi connectivity index (χ3n) is 3.16. The molecule has 0 amide bonds. The molecular formula is C16H17BrClN. The standard InChI is InChI=1S/C16H17BrClN/c1-11-4-3-5-13(8-11)12(2)19-10-14-6-7-15(18)9-16(14)17/h3-9,12,19H,10H2,1-2H3/t12-/m0/s1. The molecule has 1 nitrogen and oxygen atoms in total. The van der Waals surface area contributed by atoms with Gasteiger partial charge in [-0.15, -0.1) is 0 Å². The van der Waals surface area contributed by atoms with Gasteiger partial charge in [0.25, 0.3) is 0 Å². The molecule has 2 aromatic carbocycles. The van der Waals surface area contributed by atoms with Crippen molar-refractivity contribution in [3.8, 4) is 0 Å². The van der Waals surface area contributed by atoms with Crippen molar-refractivity contribution in [3.63, 3.8) is 0 Å². The second kappa shape index (κ2) is 6.56. The van der Waals surface area contributed by atoms with Crippen molar-refractivity contribution in [2.45, 2.75) is 26.4 Å². The van der Waals surface area contributed by atoms with Gasteiger partial charge in [-0.25, -0.2) is 0 Å². The van der Waals surface area contributed by atoms with E-state index in [2.05, 4.69) is 59.4 Å². The summed E-state index contributed by atoms with van der Waals surface area (Å²) in [5.74, 6) is 0. The van der Waals surface area contributed by atoms with Crippen molar-refractivity contribution in [1.82, 2.24) is 5.32 Å². The summed E-state index contributed by atoms with van der Waals surface area (Å²) in [6, 6.07) is 14.8. The minimum Gasteiger partial charge on any atom is -0.306 e. The molecule has 3 heteroatoms. The van der Waals surface area contributed by atoms with E-state index in [0.717, 1.165) is 16.0 Å². The fraction of sp³-hybridized carbons (Fsp3) is 0.250. The van der Waals surface area contributed by atoms with E-state index in [0.29, 0.717) is 6.04 Å². The normalized spacial score (nSPS) is 12.4. The van der Waals surface area contributed by atoms with Crippen LogP contribution in [-0.2, 0) is 6.54 Å². The van der Waals surface area contributed by atoms with Gasteiger partial charge in [0.15, 0.2) is 0 Å². The maximum atomic E-state index is 5.94. The molecule has 0 aliphatic carbocycles. The van der Waals surface area contributed by atoms with Crippen LogP contribution >= 0.6 is 27.5 Å². The van der Waals surface area contributed by atoms with Gasteiger partial charge in [0.05, 0.1) is 0 Å². The van der Waals surface area contributed by atoms with E-state index in [1.807, 2.05) is 18.2 Å². The lowest BCUT2D eigenvalue weighted by Crippen LogP contribution is -2.18. The summed E-state index contributed by atoms with van der Waals surface area (Å²) in [4.78, 5) is 0. The molecule has 0 spiro atoms. The third-order valence-corrected chi connectivity index (χ3v) is 4.13. The first kappa shape index (κ1) is 14.6. The highest BCUT2D eigenvalue weighted by molar-refractivity contribution is 9.10. The minimum absolute atomic E-state index is 0.322. The van der Waals surface area contributed by atoms with E-state index in [4.69, 9.17) is 11.6 Å². The fourth-order valence-electron chi connectivity index (χ4n) is 1.99. The summed E-state index contributed by atoms with van der Waals surface area (Å²) in [5, 5.41) is 4.28. The van der Waals surface area contributed by atoms with Crippen LogP contribution in [0, 0.1) is 6.92 Å². The Bertz CT molecular complexity index is 568. The Morgan fingerprint density at radius 2 is 2.00 bits per heavy atom. The fourth-order valence-corrected chi connectivity index (χ4v) is 2.81. The van der Waals surface area contributed by atoms with Gasteiger partial charge in [0.2, 0.25) is 0 Å². The zero-order valence-electron chi connectivity index (χ0n) is 11.1. The summed E-state index contributed by atoms with van der Waals surface area (Å²) in [6.45, 7) is 5.11. The highest BCUT2D eigenvalue weighted by atomic mass is 79.9. The second-order valence-corrected chi connectivity index (χ2v) is 6.04. The van der Waals surface area contributed by atoms with E-state index in [1.165, 1.54) is 16.7 Å². The summed E-state index contributed by atoms with van der Waals surface area (Å²) in [6.07, 6.45) is 0. The zero-order chi connectivity index (χ0) is 13.8. The average molecular weight is 339 g/mol. The van der Waals surface area contributed by atoms with Gasteiger partial charge < -0.3 is 5.32 Å². The van der Waals surface area contributed by atoms with Crippen molar-refractivity contribution in [2.24, 2.45) is 0 Å². The molecule has 0 aliphatic rings. The Labute approximate surface area is 128 Å². The van der Waals surface area contributed by atoms with Crippen LogP contribution in [0.3, 0.4) is 0 Å². The topological polar surface area (TPSA) is 12.0 Å². The Morgan fingerprint density at radius 1 is 1.21 bits per heavy atom. The lowest BCUT2D eigenvalue weighted by Gasteiger charge is -2.15. The number of rotatable bonds is 4. The lowest BCUT2D eigenvalue weighted by molar-refractivity contribution is 0.573. The first-order valence-electron chi connectivity index (χ1n) is 6.30. The predicted molar refractivity (Wildman–Crippen MR) is 85.6 cm³/mol. The highest BCUT2D eigenvalue weighted by Crippen LogP contribution is 2.22. The van der Waals surface area contributed by atoms with Gasteiger partial charge in [0, 0.05) is 22.1 Å². The minimum atomic E-state index is 0.322. The zero-order valence-corrected chi connectivity index (χ0v) is 13.4. The van der Waals surface area contributed by atoms with E-state index in [-0.39, 0.29) is 0 Å². The van der Waals surface area contributed by atoms with Crippen molar-refractivity contribution < 1.29 is 0 Å². The van der Waals surface area contributed by atoms with Crippen LogP contribution in [0.4, 0.5) is 0 Å². The molecule has 100 valence electrons. The first-order valence-corrected chi connectivity index (χ1v) is 7.47. The molecule has 0 aromatic heterocycles. The smallest absolute Gasteiger partial charge is 0.0417 e. The SMILES string of the molecule is Cc1cccc([C@H](C)NCc2ccc(Cl)cc2Br)c1. The number of nitrogens with one attached hydrogen (secondary N) is 1. The van der Waals surface area contributed by atoms with Crippen molar-refractivity contribution in [3.05, 3.63) is 68.7 Å². The van der Waals surface area contributed by atoms with Crippen molar-refractivity contribution in [2.75, 3.05) is 0 Å². The molecule has 0 saturated carbocycles. The molecule has 0 unspecified atom stereocenters. The van der Waals surface area contributed by atoms with Crippen molar-refractivity contribution >= 4 is 27.5 Å². The maximum absolute atomic E-state index is 5.94. The van der Waals surface area contributed by atoms with Crippen LogP contribution in [0.1, 0.15) is 29.7 Å². The molecule has 0 heterocycles. The predicted octanol–water partition coefficient (Wildman–Crippen LogP) is 5.26. The first-order chi connectivity index (χ1) is 9.06. The number of hydrogen-bond acceptors (Lipinski definition) is 1. The van der Waals surface area contributed by atoms with Crippen LogP contribution in [0.5, 0.6) is 0 Å². The lowest BCUT2D eigenvalue weighted by atomic mass is 10.1. The Hall–Kier alpha value is -0.830. The van der Waals surface area contributed by atoms with Gasteiger partial charge in [-0.1, -0.05) is 63.4 Å². The number of halogens is 2. The molecule has 2 aromatic rings. The third kappa shape index (κ3) is 4.07. The van der Waals surface area contributed by atoms with E-state index in [9.17, 15) is 0 Å². The van der Waals surface area contributed by atoms with E-state index >= 15 is 0 Å². The Morgan fingerprint density at radius 3 is 2.68 bits per heavy atom. The second-order valence-electron chi connectivity index (χ2n) is 4.75. The molecule has 19 heavy (non-hydrogen) atoms. The summed E-state index contributed by atoms with van der Waals surface area (Å²) in [5.41, 5.74) is 3.81. The van der Waals surface area contributed by atoms with Crippen LogP contribution in [0.25, 0.3) is 0 Å². The van der Waals surface area contributed by atoms with E-state index < -0.39 is 0 Å². The molecule has 1 atom stereocenters. The van der Waals surface area contributed by atoms with Gasteiger partial charge in [0.1, 0.15) is 0 Å². The summed E-state index contributed by atoms with van der Waals surface area (Å²) < 4.78 is 1.05. The molecular weight excluding hydrogens is 322 g/mol. The largest absolute Gasteiger partial charge is 0.306 e. The molecule has 0 radical (unpaired) electrons. The quantitative estimate of drug-likeness (QED) is 0.801. The molecule has 0 bridgehead atoms. The molecule has 0 aliphatic heterocycles. The molecule has 0 fully saturated rings. The number of aryl methyl sites for hydroxylation is 1. The van der Waals surface area contributed by atoms with Crippen LogP contribution in [0.15, 0.2) is 46.9 Å². The van der Waals surface area contributed by atoms with Gasteiger partial charge >= 0.3 is 0 Å². The van der Waals surface area contributed by atoms with Gasteiger partial charge in [-0.3, -0.25) is 0 Å². The van der Waals surface area contributed by atoms with Crippen LogP contribution in [-0.4, -0.2) is 0 Å². The summed E-state index contributed by atoms with van der Waals surface area (Å²) >= 11 is 9.48. The Balaban J connectivity index is 2.02. The van der Waals surface area contributed by atoms with Crippen molar-refractivity contribution in [1.29, 1.82) is 0 Å². The number of benzene rings is 2. The maximum Gasteiger partial charge on any atom is 0.0417 e. The highest BCUT2D eigenvalue weighted by Gasteiger charge is 2.06. The molecule has 2 rings (SSSR count). The Kier molecular flexibility index (Phi) is 5.03.